The molecule has 1 aliphatic rings. The molecule has 0 radical (unpaired) electrons. The molecule has 4 nitrogen and oxygen atoms in total. The van der Waals surface area contributed by atoms with Crippen molar-refractivity contribution in [2.75, 3.05) is 6.61 Å². The zero-order valence-electron chi connectivity index (χ0n) is 9.78. The first-order chi connectivity index (χ1) is 8.52. The Labute approximate surface area is 127 Å². The molecular formula is C11H14Br2N2O2S. The minimum Gasteiger partial charge on any atom is -0.376 e. The number of rotatable bonds is 4. The average molecular weight is 398 g/mol. The Bertz CT molecular complexity index is 450. The van der Waals surface area contributed by atoms with Crippen LogP contribution in [0.25, 0.3) is 0 Å². The second kappa shape index (κ2) is 6.00. The maximum Gasteiger partial charge on any atom is 0.253 e. The molecule has 0 aliphatic heterocycles. The Morgan fingerprint density at radius 1 is 1.67 bits per heavy atom. The van der Waals surface area contributed by atoms with E-state index >= 15 is 0 Å². The van der Waals surface area contributed by atoms with E-state index in [1.165, 1.54) is 11.3 Å². The van der Waals surface area contributed by atoms with E-state index in [0.29, 0.717) is 12.2 Å². The number of halogens is 2. The van der Waals surface area contributed by atoms with Crippen molar-refractivity contribution in [2.24, 2.45) is 5.73 Å². The van der Waals surface area contributed by atoms with Crippen molar-refractivity contribution < 1.29 is 9.53 Å². The lowest BCUT2D eigenvalue weighted by Crippen LogP contribution is -2.64. The number of carbonyl (C=O) groups excluding carboxylic acids is 1. The van der Waals surface area contributed by atoms with E-state index in [1.54, 1.807) is 6.07 Å². The molecule has 1 amide bonds. The van der Waals surface area contributed by atoms with E-state index in [9.17, 15) is 4.79 Å². The Morgan fingerprint density at radius 2 is 2.39 bits per heavy atom. The smallest absolute Gasteiger partial charge is 0.253 e. The van der Waals surface area contributed by atoms with Gasteiger partial charge >= 0.3 is 0 Å². The van der Waals surface area contributed by atoms with E-state index in [1.807, 2.05) is 6.92 Å². The topological polar surface area (TPSA) is 64.3 Å². The van der Waals surface area contributed by atoms with Gasteiger partial charge in [0.2, 0.25) is 0 Å². The van der Waals surface area contributed by atoms with Gasteiger partial charge in [0.25, 0.3) is 5.91 Å². The number of thiophene rings is 1. The normalized spacial score (nSPS) is 26.8. The van der Waals surface area contributed by atoms with Crippen LogP contribution in [-0.2, 0) is 4.74 Å². The van der Waals surface area contributed by atoms with Crippen molar-refractivity contribution in [3.05, 3.63) is 19.2 Å². The van der Waals surface area contributed by atoms with Crippen molar-refractivity contribution >= 4 is 49.1 Å². The Morgan fingerprint density at radius 3 is 2.89 bits per heavy atom. The first-order valence-electron chi connectivity index (χ1n) is 5.65. The molecule has 3 N–H and O–H groups in total. The summed E-state index contributed by atoms with van der Waals surface area (Å²) in [5.74, 6) is -0.117. The Kier molecular flexibility index (Phi) is 4.82. The van der Waals surface area contributed by atoms with E-state index in [2.05, 4.69) is 37.2 Å². The van der Waals surface area contributed by atoms with Crippen LogP contribution in [0.4, 0.5) is 0 Å². The number of amides is 1. The molecule has 1 saturated carbocycles. The quantitative estimate of drug-likeness (QED) is 0.820. The zero-order valence-corrected chi connectivity index (χ0v) is 13.8. The molecule has 100 valence electrons. The summed E-state index contributed by atoms with van der Waals surface area (Å²) in [5.41, 5.74) is 6.53. The average Bonchev–Trinajstić information content (AvgIpc) is 2.65. The third-order valence-corrected chi connectivity index (χ3v) is 5.29. The molecule has 1 aromatic rings. The SMILES string of the molecule is CCOC1CC(N)C1NC(=O)c1cc(Br)sc1Br. The number of carbonyl (C=O) groups is 1. The molecule has 18 heavy (non-hydrogen) atoms. The van der Waals surface area contributed by atoms with Crippen LogP contribution in [0.15, 0.2) is 13.6 Å². The molecule has 1 heterocycles. The standard InChI is InChI=1S/C11H14Br2N2O2S/c1-2-17-7-4-6(14)9(7)15-11(16)5-3-8(12)18-10(5)13/h3,6-7,9H,2,4,14H2,1H3,(H,15,16). The molecule has 0 bridgehead atoms. The fraction of sp³-hybridized carbons (Fsp3) is 0.545. The van der Waals surface area contributed by atoms with Gasteiger partial charge < -0.3 is 15.8 Å². The molecule has 7 heteroatoms. The van der Waals surface area contributed by atoms with Crippen molar-refractivity contribution in [3.63, 3.8) is 0 Å². The fourth-order valence-corrected chi connectivity index (χ4v) is 4.74. The summed E-state index contributed by atoms with van der Waals surface area (Å²) in [4.78, 5) is 12.1. The molecule has 0 saturated heterocycles. The lowest BCUT2D eigenvalue weighted by molar-refractivity contribution is -0.0300. The van der Waals surface area contributed by atoms with Gasteiger partial charge in [0.15, 0.2) is 0 Å². The molecule has 1 aliphatic carbocycles. The second-order valence-corrected chi connectivity index (χ2v) is 7.88. The van der Waals surface area contributed by atoms with E-state index in [4.69, 9.17) is 10.5 Å². The molecular weight excluding hydrogens is 384 g/mol. The van der Waals surface area contributed by atoms with Gasteiger partial charge in [0, 0.05) is 12.6 Å². The Hall–Kier alpha value is 0.0500. The number of nitrogens with two attached hydrogens (primary N) is 1. The van der Waals surface area contributed by atoms with Gasteiger partial charge in [-0.1, -0.05) is 0 Å². The van der Waals surface area contributed by atoms with Crippen LogP contribution in [0.3, 0.4) is 0 Å². The van der Waals surface area contributed by atoms with Crippen LogP contribution in [0.5, 0.6) is 0 Å². The highest BCUT2D eigenvalue weighted by Gasteiger charge is 2.40. The number of hydrogen-bond donors (Lipinski definition) is 2. The van der Waals surface area contributed by atoms with Gasteiger partial charge in [-0.3, -0.25) is 4.79 Å². The molecule has 3 atom stereocenters. The summed E-state index contributed by atoms with van der Waals surface area (Å²) in [6.07, 6.45) is 0.836. The first kappa shape index (κ1) is 14.5. The minimum atomic E-state index is -0.117. The van der Waals surface area contributed by atoms with Crippen LogP contribution in [-0.4, -0.2) is 30.7 Å². The number of ether oxygens (including phenoxy) is 1. The molecule has 2 rings (SSSR count). The number of hydrogen-bond acceptors (Lipinski definition) is 4. The van der Waals surface area contributed by atoms with Crippen LogP contribution in [0.1, 0.15) is 23.7 Å². The molecule has 0 aromatic carbocycles. The summed E-state index contributed by atoms with van der Waals surface area (Å²) in [7, 11) is 0. The Balaban J connectivity index is 2.01. The maximum atomic E-state index is 12.1. The summed E-state index contributed by atoms with van der Waals surface area (Å²) in [6, 6.07) is 1.68. The van der Waals surface area contributed by atoms with Gasteiger partial charge in [0.1, 0.15) is 0 Å². The van der Waals surface area contributed by atoms with Crippen molar-refractivity contribution in [3.8, 4) is 0 Å². The van der Waals surface area contributed by atoms with E-state index < -0.39 is 0 Å². The summed E-state index contributed by atoms with van der Waals surface area (Å²) in [6.45, 7) is 2.58. The predicted octanol–water partition coefficient (Wildman–Crippen LogP) is 2.51. The molecule has 0 spiro atoms. The third-order valence-electron chi connectivity index (χ3n) is 2.95. The fourth-order valence-electron chi connectivity index (χ4n) is 1.95. The van der Waals surface area contributed by atoms with Gasteiger partial charge in [-0.25, -0.2) is 0 Å². The molecule has 1 fully saturated rings. The first-order valence-corrected chi connectivity index (χ1v) is 8.06. The minimum absolute atomic E-state index is 0.0219. The van der Waals surface area contributed by atoms with E-state index in [-0.39, 0.29) is 24.1 Å². The van der Waals surface area contributed by atoms with E-state index in [0.717, 1.165) is 14.0 Å². The number of nitrogens with one attached hydrogen (secondary N) is 1. The van der Waals surface area contributed by atoms with Crippen LogP contribution < -0.4 is 11.1 Å². The van der Waals surface area contributed by atoms with Gasteiger partial charge in [-0.05, 0) is 51.3 Å². The highest BCUT2D eigenvalue weighted by atomic mass is 79.9. The summed E-state index contributed by atoms with van der Waals surface area (Å²) < 4.78 is 7.25. The van der Waals surface area contributed by atoms with Crippen molar-refractivity contribution in [2.45, 2.75) is 31.5 Å². The maximum absolute atomic E-state index is 12.1. The molecule has 1 aromatic heterocycles. The van der Waals surface area contributed by atoms with Gasteiger partial charge in [-0.2, -0.15) is 0 Å². The van der Waals surface area contributed by atoms with Crippen molar-refractivity contribution in [1.82, 2.24) is 5.32 Å². The highest BCUT2D eigenvalue weighted by Crippen LogP contribution is 2.32. The lowest BCUT2D eigenvalue weighted by Gasteiger charge is -2.42. The zero-order chi connectivity index (χ0) is 13.3. The van der Waals surface area contributed by atoms with Gasteiger partial charge in [0.05, 0.1) is 25.3 Å². The third kappa shape index (κ3) is 2.96. The summed E-state index contributed by atoms with van der Waals surface area (Å²) >= 11 is 8.20. The van der Waals surface area contributed by atoms with Crippen LogP contribution >= 0.6 is 43.2 Å². The molecule has 3 unspecified atom stereocenters. The predicted molar refractivity (Wildman–Crippen MR) is 79.0 cm³/mol. The van der Waals surface area contributed by atoms with Gasteiger partial charge in [-0.15, -0.1) is 11.3 Å². The largest absolute Gasteiger partial charge is 0.376 e. The van der Waals surface area contributed by atoms with Crippen LogP contribution in [0, 0.1) is 0 Å². The second-order valence-electron chi connectivity index (χ2n) is 4.13. The van der Waals surface area contributed by atoms with Crippen molar-refractivity contribution in [1.29, 1.82) is 0 Å². The summed E-state index contributed by atoms with van der Waals surface area (Å²) in [5, 5.41) is 2.94. The monoisotopic (exact) mass is 396 g/mol. The lowest BCUT2D eigenvalue weighted by atomic mass is 9.83. The highest BCUT2D eigenvalue weighted by molar-refractivity contribution is 9.12. The van der Waals surface area contributed by atoms with Crippen LogP contribution in [0.2, 0.25) is 0 Å².